The molecule has 24 heavy (non-hydrogen) atoms. The summed E-state index contributed by atoms with van der Waals surface area (Å²) in [5, 5.41) is 0.326. The van der Waals surface area contributed by atoms with Crippen LogP contribution in [0.3, 0.4) is 0 Å². The van der Waals surface area contributed by atoms with Crippen LogP contribution >= 0.6 is 0 Å². The van der Waals surface area contributed by atoms with Crippen LogP contribution in [0.5, 0.6) is 0 Å². The largest absolute Gasteiger partial charge is 0.463 e. The third-order valence-corrected chi connectivity index (χ3v) is 5.75. The van der Waals surface area contributed by atoms with Gasteiger partial charge in [0, 0.05) is 5.56 Å². The van der Waals surface area contributed by atoms with Gasteiger partial charge in [0.15, 0.2) is 5.43 Å². The summed E-state index contributed by atoms with van der Waals surface area (Å²) >= 11 is 0. The van der Waals surface area contributed by atoms with E-state index in [0.717, 1.165) is 6.08 Å². The van der Waals surface area contributed by atoms with Gasteiger partial charge in [0.2, 0.25) is 15.6 Å². The molecule has 2 heterocycles. The van der Waals surface area contributed by atoms with Gasteiger partial charge in [0.25, 0.3) is 0 Å². The molecule has 0 radical (unpaired) electrons. The summed E-state index contributed by atoms with van der Waals surface area (Å²) in [6, 6.07) is 12.6. The van der Waals surface area contributed by atoms with Crippen LogP contribution in [0.2, 0.25) is 0 Å². The number of hydrogen-bond acceptors (Lipinski definition) is 5. The predicted molar refractivity (Wildman–Crippen MR) is 88.4 cm³/mol. The minimum Gasteiger partial charge on any atom is -0.463 e. The maximum atomic E-state index is 12.6. The molecule has 1 aliphatic heterocycles. The van der Waals surface area contributed by atoms with Gasteiger partial charge in [0.1, 0.15) is 16.8 Å². The van der Waals surface area contributed by atoms with Gasteiger partial charge >= 0.3 is 0 Å². The van der Waals surface area contributed by atoms with Gasteiger partial charge in [0.05, 0.1) is 15.8 Å². The lowest BCUT2D eigenvalue weighted by Crippen LogP contribution is -2.08. The zero-order valence-corrected chi connectivity index (χ0v) is 13.0. The second kappa shape index (κ2) is 5.01. The van der Waals surface area contributed by atoms with E-state index >= 15 is 0 Å². The van der Waals surface area contributed by atoms with Crippen LogP contribution in [-0.4, -0.2) is 14.2 Å². The molecule has 0 saturated carbocycles. The fourth-order valence-electron chi connectivity index (χ4n) is 2.74. The van der Waals surface area contributed by atoms with E-state index in [9.17, 15) is 18.0 Å². The number of fused-ring (bicyclic) bond motifs is 2. The van der Waals surface area contributed by atoms with Crippen LogP contribution in [0.15, 0.2) is 73.8 Å². The van der Waals surface area contributed by atoms with E-state index in [4.69, 9.17) is 4.42 Å². The van der Waals surface area contributed by atoms with Crippen molar-refractivity contribution in [3.05, 3.63) is 81.0 Å². The Morgan fingerprint density at radius 3 is 2.42 bits per heavy atom. The first-order valence-corrected chi connectivity index (χ1v) is 8.59. The van der Waals surface area contributed by atoms with Crippen molar-refractivity contribution in [2.75, 3.05) is 0 Å². The fraction of sp³-hybridized carbons (Fsp3) is 0. The van der Waals surface area contributed by atoms with Gasteiger partial charge < -0.3 is 4.42 Å². The number of ketones is 1. The molecule has 6 heteroatoms. The SMILES string of the molecule is O=C1/C(=C\c2coc3ccccc3c2=O)S(=O)(=O)c2ccccc21. The Labute approximate surface area is 136 Å². The van der Waals surface area contributed by atoms with Gasteiger partial charge in [-0.15, -0.1) is 0 Å². The molecule has 118 valence electrons. The van der Waals surface area contributed by atoms with E-state index in [-0.39, 0.29) is 21.5 Å². The number of Topliss-reactive ketones (excluding diaryl/α,β-unsaturated/α-hetero) is 1. The first kappa shape index (κ1) is 14.6. The van der Waals surface area contributed by atoms with E-state index in [1.54, 1.807) is 36.4 Å². The van der Waals surface area contributed by atoms with Gasteiger partial charge in [-0.1, -0.05) is 24.3 Å². The Morgan fingerprint density at radius 2 is 1.62 bits per heavy atom. The van der Waals surface area contributed by atoms with Crippen LogP contribution < -0.4 is 5.43 Å². The normalized spacial score (nSPS) is 17.3. The minimum absolute atomic E-state index is 0.0217. The van der Waals surface area contributed by atoms with E-state index in [2.05, 4.69) is 0 Å². The molecule has 0 spiro atoms. The standard InChI is InChI=1S/C18H10O5S/c19-17-11(10-23-14-7-3-1-5-12(14)17)9-16-18(20)13-6-2-4-8-15(13)24(16,21)22/h1-10H/b16-9+. The number of carbonyl (C=O) groups is 1. The quantitative estimate of drug-likeness (QED) is 0.637. The number of allylic oxidation sites excluding steroid dienone is 1. The maximum absolute atomic E-state index is 12.6. The Balaban J connectivity index is 1.96. The number of hydrogen-bond donors (Lipinski definition) is 0. The molecule has 2 aromatic carbocycles. The lowest BCUT2D eigenvalue weighted by atomic mass is 10.1. The summed E-state index contributed by atoms with van der Waals surface area (Å²) in [4.78, 5) is 24.5. The molecule has 4 rings (SSSR count). The highest BCUT2D eigenvalue weighted by Crippen LogP contribution is 2.34. The summed E-state index contributed by atoms with van der Waals surface area (Å²) in [7, 11) is -3.93. The van der Waals surface area contributed by atoms with Crippen molar-refractivity contribution >= 4 is 32.7 Å². The molecule has 0 amide bonds. The van der Waals surface area contributed by atoms with Gasteiger partial charge in [-0.2, -0.15) is 0 Å². The molecule has 3 aromatic rings. The Hall–Kier alpha value is -2.99. The molecule has 0 N–H and O–H groups in total. The zero-order chi connectivity index (χ0) is 16.9. The summed E-state index contributed by atoms with van der Waals surface area (Å²) < 4.78 is 30.5. The first-order chi connectivity index (χ1) is 11.5. The summed E-state index contributed by atoms with van der Waals surface area (Å²) in [6.45, 7) is 0. The van der Waals surface area contributed by atoms with Crippen molar-refractivity contribution < 1.29 is 17.6 Å². The van der Waals surface area contributed by atoms with Crippen LogP contribution in [0.25, 0.3) is 17.0 Å². The molecule has 0 bridgehead atoms. The highest BCUT2D eigenvalue weighted by atomic mass is 32.2. The highest BCUT2D eigenvalue weighted by Gasteiger charge is 2.38. The van der Waals surface area contributed by atoms with E-state index in [1.165, 1.54) is 18.4 Å². The second-order valence-electron chi connectivity index (χ2n) is 5.35. The van der Waals surface area contributed by atoms with Gasteiger partial charge in [-0.05, 0) is 30.3 Å². The smallest absolute Gasteiger partial charge is 0.211 e. The van der Waals surface area contributed by atoms with Gasteiger partial charge in [-0.25, -0.2) is 8.42 Å². The van der Waals surface area contributed by atoms with Crippen molar-refractivity contribution in [2.45, 2.75) is 4.90 Å². The fourth-order valence-corrected chi connectivity index (χ4v) is 4.32. The third-order valence-electron chi connectivity index (χ3n) is 3.93. The lowest BCUT2D eigenvalue weighted by molar-refractivity contribution is 0.104. The van der Waals surface area contributed by atoms with E-state index < -0.39 is 20.5 Å². The van der Waals surface area contributed by atoms with Crippen molar-refractivity contribution in [3.63, 3.8) is 0 Å². The number of benzene rings is 2. The molecule has 1 aliphatic rings. The molecule has 0 fully saturated rings. The van der Waals surface area contributed by atoms with Crippen LogP contribution in [0.1, 0.15) is 15.9 Å². The Bertz CT molecular complexity index is 1200. The first-order valence-electron chi connectivity index (χ1n) is 7.11. The number of carbonyl (C=O) groups excluding carboxylic acids is 1. The predicted octanol–water partition coefficient (Wildman–Crippen LogP) is 2.80. The highest BCUT2D eigenvalue weighted by molar-refractivity contribution is 7.97. The minimum atomic E-state index is -3.93. The maximum Gasteiger partial charge on any atom is 0.211 e. The van der Waals surface area contributed by atoms with Crippen molar-refractivity contribution in [2.24, 2.45) is 0 Å². The monoisotopic (exact) mass is 338 g/mol. The number of sulfone groups is 1. The molecule has 5 nitrogen and oxygen atoms in total. The molecule has 0 saturated heterocycles. The molecule has 0 aliphatic carbocycles. The number of para-hydroxylation sites is 1. The second-order valence-corrected chi connectivity index (χ2v) is 7.24. The zero-order valence-electron chi connectivity index (χ0n) is 12.2. The van der Waals surface area contributed by atoms with E-state index in [1.807, 2.05) is 0 Å². The molecule has 1 aromatic heterocycles. The molecule has 0 atom stereocenters. The summed E-state index contributed by atoms with van der Waals surface area (Å²) in [5.41, 5.74) is 0.152. The molecule has 0 unspecified atom stereocenters. The molecular formula is C18H10O5S. The average molecular weight is 338 g/mol. The summed E-state index contributed by atoms with van der Waals surface area (Å²) in [5.74, 6) is -0.613. The lowest BCUT2D eigenvalue weighted by Gasteiger charge is -2.00. The Kier molecular flexibility index (Phi) is 3.04. The van der Waals surface area contributed by atoms with Crippen molar-refractivity contribution in [3.8, 4) is 0 Å². The van der Waals surface area contributed by atoms with Crippen molar-refractivity contribution in [1.82, 2.24) is 0 Å². The van der Waals surface area contributed by atoms with Crippen LogP contribution in [0, 0.1) is 0 Å². The Morgan fingerprint density at radius 1 is 0.917 bits per heavy atom. The third kappa shape index (κ3) is 1.97. The summed E-state index contributed by atoms with van der Waals surface area (Å²) in [6.07, 6.45) is 2.26. The van der Waals surface area contributed by atoms with Crippen LogP contribution in [0.4, 0.5) is 0 Å². The topological polar surface area (TPSA) is 81.4 Å². The van der Waals surface area contributed by atoms with Crippen molar-refractivity contribution in [1.29, 1.82) is 0 Å². The van der Waals surface area contributed by atoms with E-state index in [0.29, 0.717) is 11.0 Å². The van der Waals surface area contributed by atoms with Crippen LogP contribution in [-0.2, 0) is 9.84 Å². The number of rotatable bonds is 1. The average Bonchev–Trinajstić information content (AvgIpc) is 2.78. The molecular weight excluding hydrogens is 328 g/mol. The van der Waals surface area contributed by atoms with Gasteiger partial charge in [-0.3, -0.25) is 9.59 Å².